The van der Waals surface area contributed by atoms with Gasteiger partial charge in [0.15, 0.2) is 5.17 Å². The van der Waals surface area contributed by atoms with Crippen LogP contribution in [-0.2, 0) is 4.79 Å². The first kappa shape index (κ1) is 18.9. The van der Waals surface area contributed by atoms with Crippen LogP contribution in [0.4, 0.5) is 5.69 Å². The minimum atomic E-state index is -0.0840. The summed E-state index contributed by atoms with van der Waals surface area (Å²) < 4.78 is 0.993. The number of rotatable bonds is 4. The molecule has 2 aromatic rings. The van der Waals surface area contributed by atoms with Crippen molar-refractivity contribution in [3.63, 3.8) is 0 Å². The SMILES string of the molecule is C=CCN1C(=O)/C(=C(\C)c2ccc(Br)cc2)SC1=Nc1ccncc1Cl. The maximum absolute atomic E-state index is 12.9. The van der Waals surface area contributed by atoms with Crippen LogP contribution in [-0.4, -0.2) is 27.5 Å². The highest BCUT2D eigenvalue weighted by Gasteiger charge is 2.34. The Balaban J connectivity index is 2.03. The number of amides is 1. The molecule has 1 saturated heterocycles. The normalized spacial score (nSPS) is 17.7. The summed E-state index contributed by atoms with van der Waals surface area (Å²) in [6, 6.07) is 9.59. The van der Waals surface area contributed by atoms with E-state index < -0.39 is 0 Å². The highest BCUT2D eigenvalue weighted by molar-refractivity contribution is 9.10. The molecule has 3 rings (SSSR count). The number of aliphatic imine (C=N–C) groups is 1. The van der Waals surface area contributed by atoms with E-state index in [1.165, 1.54) is 18.0 Å². The molecule has 1 aromatic carbocycles. The van der Waals surface area contributed by atoms with Crippen LogP contribution in [0.2, 0.25) is 5.02 Å². The summed E-state index contributed by atoms with van der Waals surface area (Å²) in [5.41, 5.74) is 2.48. The van der Waals surface area contributed by atoms with Gasteiger partial charge in [0.1, 0.15) is 0 Å². The molecule has 1 aromatic heterocycles. The van der Waals surface area contributed by atoms with Gasteiger partial charge in [-0.2, -0.15) is 0 Å². The molecule has 26 heavy (non-hydrogen) atoms. The van der Waals surface area contributed by atoms with Gasteiger partial charge in [0.2, 0.25) is 0 Å². The van der Waals surface area contributed by atoms with Gasteiger partial charge in [-0.15, -0.1) is 6.58 Å². The monoisotopic (exact) mass is 447 g/mol. The van der Waals surface area contributed by atoms with E-state index in [4.69, 9.17) is 11.6 Å². The lowest BCUT2D eigenvalue weighted by atomic mass is 10.1. The van der Waals surface area contributed by atoms with E-state index in [-0.39, 0.29) is 5.91 Å². The highest BCUT2D eigenvalue weighted by atomic mass is 79.9. The summed E-state index contributed by atoms with van der Waals surface area (Å²) >= 11 is 10.9. The number of hydrogen-bond acceptors (Lipinski definition) is 4. The molecule has 2 heterocycles. The lowest BCUT2D eigenvalue weighted by Crippen LogP contribution is -2.29. The lowest BCUT2D eigenvalue weighted by Gasteiger charge is -2.13. The number of pyridine rings is 1. The first-order chi connectivity index (χ1) is 12.5. The predicted molar refractivity (Wildman–Crippen MR) is 113 cm³/mol. The Labute approximate surface area is 169 Å². The van der Waals surface area contributed by atoms with Crippen molar-refractivity contribution in [1.29, 1.82) is 0 Å². The molecule has 1 aliphatic rings. The van der Waals surface area contributed by atoms with Crippen LogP contribution in [0.5, 0.6) is 0 Å². The fourth-order valence-electron chi connectivity index (χ4n) is 2.40. The average molecular weight is 449 g/mol. The third-order valence-electron chi connectivity index (χ3n) is 3.76. The third kappa shape index (κ3) is 3.92. The number of amidine groups is 1. The Kier molecular flexibility index (Phi) is 5.96. The zero-order valence-corrected chi connectivity index (χ0v) is 17.1. The molecule has 1 amide bonds. The second kappa shape index (κ2) is 8.20. The van der Waals surface area contributed by atoms with Crippen LogP contribution in [0.1, 0.15) is 12.5 Å². The van der Waals surface area contributed by atoms with Gasteiger partial charge in [-0.05, 0) is 48.0 Å². The molecule has 132 valence electrons. The summed E-state index contributed by atoms with van der Waals surface area (Å²) in [7, 11) is 0. The summed E-state index contributed by atoms with van der Waals surface area (Å²) in [5.74, 6) is -0.0840. The molecule has 0 spiro atoms. The van der Waals surface area contributed by atoms with Crippen LogP contribution in [0.3, 0.4) is 0 Å². The smallest absolute Gasteiger partial charge is 0.267 e. The average Bonchev–Trinajstić information content (AvgIpc) is 2.94. The molecule has 4 nitrogen and oxygen atoms in total. The summed E-state index contributed by atoms with van der Waals surface area (Å²) in [6.07, 6.45) is 4.83. The van der Waals surface area contributed by atoms with E-state index >= 15 is 0 Å². The van der Waals surface area contributed by atoms with E-state index in [1.807, 2.05) is 31.2 Å². The van der Waals surface area contributed by atoms with Gasteiger partial charge in [0.05, 0.1) is 15.6 Å². The number of allylic oxidation sites excluding steroid dienone is 1. The topological polar surface area (TPSA) is 45.6 Å². The standard InChI is InChI=1S/C19H15BrClN3OS/c1-3-10-24-18(25)17(12(2)13-4-6-14(20)7-5-13)26-19(24)23-16-8-9-22-11-15(16)21/h3-9,11H,1,10H2,2H3/b17-12-,23-19?. The van der Waals surface area contributed by atoms with E-state index in [0.29, 0.717) is 27.3 Å². The molecule has 1 aliphatic heterocycles. The van der Waals surface area contributed by atoms with E-state index in [9.17, 15) is 4.79 Å². The summed E-state index contributed by atoms with van der Waals surface area (Å²) in [6.45, 7) is 6.06. The number of halogens is 2. The number of benzene rings is 1. The lowest BCUT2D eigenvalue weighted by molar-refractivity contribution is -0.121. The molecule has 1 fully saturated rings. The number of carbonyl (C=O) groups excluding carboxylic acids is 1. The van der Waals surface area contributed by atoms with Crippen molar-refractivity contribution in [2.24, 2.45) is 4.99 Å². The van der Waals surface area contributed by atoms with Gasteiger partial charge in [-0.1, -0.05) is 45.7 Å². The Morgan fingerprint density at radius 3 is 2.77 bits per heavy atom. The maximum Gasteiger partial charge on any atom is 0.267 e. The van der Waals surface area contributed by atoms with Gasteiger partial charge in [-0.25, -0.2) is 4.99 Å². The zero-order chi connectivity index (χ0) is 18.7. The minimum absolute atomic E-state index is 0.0840. The van der Waals surface area contributed by atoms with Crippen molar-refractivity contribution in [3.05, 3.63) is 75.3 Å². The van der Waals surface area contributed by atoms with Gasteiger partial charge in [0.25, 0.3) is 5.91 Å². The Bertz CT molecular complexity index is 925. The van der Waals surface area contributed by atoms with Gasteiger partial charge in [-0.3, -0.25) is 14.7 Å². The number of hydrogen-bond donors (Lipinski definition) is 0. The fraction of sp³-hybridized carbons (Fsp3) is 0.105. The van der Waals surface area contributed by atoms with Crippen molar-refractivity contribution in [3.8, 4) is 0 Å². The van der Waals surface area contributed by atoms with Gasteiger partial charge < -0.3 is 0 Å². The molecule has 7 heteroatoms. The van der Waals surface area contributed by atoms with E-state index in [1.54, 1.807) is 23.2 Å². The summed E-state index contributed by atoms with van der Waals surface area (Å²) in [5, 5.41) is 1.02. The highest BCUT2D eigenvalue weighted by Crippen LogP contribution is 2.38. The predicted octanol–water partition coefficient (Wildman–Crippen LogP) is 5.68. The molecule has 0 radical (unpaired) electrons. The van der Waals surface area contributed by atoms with Crippen LogP contribution < -0.4 is 0 Å². The zero-order valence-electron chi connectivity index (χ0n) is 13.9. The largest absolute Gasteiger partial charge is 0.283 e. The molecule has 0 saturated carbocycles. The molecule has 0 N–H and O–H groups in total. The van der Waals surface area contributed by atoms with Crippen LogP contribution in [0, 0.1) is 0 Å². The fourth-order valence-corrected chi connectivity index (χ4v) is 3.89. The Hall–Kier alpha value is -1.89. The van der Waals surface area contributed by atoms with Gasteiger partial charge >= 0.3 is 0 Å². The Morgan fingerprint density at radius 1 is 1.38 bits per heavy atom. The second-order valence-corrected chi connectivity index (χ2v) is 7.79. The number of nitrogens with zero attached hydrogens (tertiary/aromatic N) is 3. The van der Waals surface area contributed by atoms with Crippen molar-refractivity contribution in [1.82, 2.24) is 9.88 Å². The second-order valence-electron chi connectivity index (χ2n) is 5.49. The molecule has 0 atom stereocenters. The molecular weight excluding hydrogens is 434 g/mol. The first-order valence-electron chi connectivity index (χ1n) is 7.77. The molecule has 0 bridgehead atoms. The molecule has 0 aliphatic carbocycles. The van der Waals surface area contributed by atoms with E-state index in [2.05, 4.69) is 32.5 Å². The minimum Gasteiger partial charge on any atom is -0.283 e. The maximum atomic E-state index is 12.9. The van der Waals surface area contributed by atoms with Crippen LogP contribution in [0.15, 0.2) is 69.8 Å². The number of carbonyl (C=O) groups is 1. The quantitative estimate of drug-likeness (QED) is 0.447. The number of thioether (sulfide) groups is 1. The van der Waals surface area contributed by atoms with Crippen molar-refractivity contribution in [2.75, 3.05) is 6.54 Å². The van der Waals surface area contributed by atoms with Crippen molar-refractivity contribution >= 4 is 61.6 Å². The van der Waals surface area contributed by atoms with Gasteiger partial charge in [0, 0.05) is 23.4 Å². The molecule has 0 unspecified atom stereocenters. The third-order valence-corrected chi connectivity index (χ3v) is 5.76. The van der Waals surface area contributed by atoms with Crippen LogP contribution in [0.25, 0.3) is 5.57 Å². The first-order valence-corrected chi connectivity index (χ1v) is 9.75. The van der Waals surface area contributed by atoms with Crippen molar-refractivity contribution < 1.29 is 4.79 Å². The van der Waals surface area contributed by atoms with Crippen molar-refractivity contribution in [2.45, 2.75) is 6.92 Å². The van der Waals surface area contributed by atoms with Crippen LogP contribution >= 0.6 is 39.3 Å². The number of aromatic nitrogens is 1. The summed E-state index contributed by atoms with van der Waals surface area (Å²) in [4.78, 5) is 23.7. The van der Waals surface area contributed by atoms with E-state index in [0.717, 1.165) is 15.6 Å². The molecular formula is C19H15BrClN3OS. The Morgan fingerprint density at radius 2 is 2.12 bits per heavy atom.